The standard InChI is InChI=1S/C18H19F3N6O2S/c1-9(2)10-4-5-23-12(6-10)14(22)25-16(30)26-15-13(27(3)17(28)29)7-11(8-24-15)18(19,20)21/h4-9H,1-3H3,(H,28,29)(H3,22,24,25,26,30). The molecule has 0 saturated heterocycles. The lowest BCUT2D eigenvalue weighted by Crippen LogP contribution is -2.36. The van der Waals surface area contributed by atoms with Crippen LogP contribution in [0.5, 0.6) is 0 Å². The van der Waals surface area contributed by atoms with Gasteiger partial charge in [0.05, 0.1) is 11.3 Å². The molecule has 0 saturated carbocycles. The van der Waals surface area contributed by atoms with Crippen molar-refractivity contribution < 1.29 is 23.1 Å². The molecule has 0 aliphatic heterocycles. The summed E-state index contributed by atoms with van der Waals surface area (Å²) in [4.78, 5) is 19.6. The van der Waals surface area contributed by atoms with E-state index in [9.17, 15) is 18.0 Å². The van der Waals surface area contributed by atoms with Crippen molar-refractivity contribution in [3.05, 3.63) is 47.4 Å². The van der Waals surface area contributed by atoms with Crippen LogP contribution in [0, 0.1) is 5.41 Å². The molecule has 12 heteroatoms. The Labute approximate surface area is 175 Å². The topological polar surface area (TPSA) is 114 Å². The average molecular weight is 440 g/mol. The van der Waals surface area contributed by atoms with Crippen molar-refractivity contribution in [2.24, 2.45) is 0 Å². The van der Waals surface area contributed by atoms with E-state index in [-0.39, 0.29) is 28.4 Å². The number of carboxylic acid groups (broad SMARTS) is 1. The first-order chi connectivity index (χ1) is 13.9. The Hall–Kier alpha value is -3.28. The summed E-state index contributed by atoms with van der Waals surface area (Å²) >= 11 is 5.10. The lowest BCUT2D eigenvalue weighted by Gasteiger charge is -2.20. The number of thiocarbonyl (C=S) groups is 1. The Balaban J connectivity index is 2.24. The molecule has 0 unspecified atom stereocenters. The lowest BCUT2D eigenvalue weighted by atomic mass is 10.0. The SMILES string of the molecule is CC(C)c1ccnc(C(=N)NC(=S)Nc2ncc(C(F)(F)F)cc2N(C)C(=O)O)c1. The van der Waals surface area contributed by atoms with Gasteiger partial charge in [0, 0.05) is 19.4 Å². The van der Waals surface area contributed by atoms with Crippen LogP contribution in [0.15, 0.2) is 30.6 Å². The number of hydrogen-bond acceptors (Lipinski definition) is 5. The molecule has 0 bridgehead atoms. The summed E-state index contributed by atoms with van der Waals surface area (Å²) < 4.78 is 38.9. The van der Waals surface area contributed by atoms with E-state index >= 15 is 0 Å². The Kier molecular flexibility index (Phi) is 6.92. The first kappa shape index (κ1) is 23.0. The first-order valence-electron chi connectivity index (χ1n) is 8.57. The minimum Gasteiger partial charge on any atom is -0.465 e. The Morgan fingerprint density at radius 1 is 1.30 bits per heavy atom. The van der Waals surface area contributed by atoms with Gasteiger partial charge in [0.2, 0.25) is 0 Å². The van der Waals surface area contributed by atoms with Gasteiger partial charge in [-0.1, -0.05) is 13.8 Å². The van der Waals surface area contributed by atoms with Crippen LogP contribution in [-0.2, 0) is 6.18 Å². The van der Waals surface area contributed by atoms with E-state index < -0.39 is 17.8 Å². The summed E-state index contributed by atoms with van der Waals surface area (Å²) in [6, 6.07) is 4.17. The highest BCUT2D eigenvalue weighted by molar-refractivity contribution is 7.80. The van der Waals surface area contributed by atoms with Gasteiger partial charge in [0.1, 0.15) is 5.69 Å². The minimum absolute atomic E-state index is 0.143. The van der Waals surface area contributed by atoms with E-state index in [0.29, 0.717) is 22.9 Å². The number of carbonyl (C=O) groups is 1. The van der Waals surface area contributed by atoms with E-state index in [1.54, 1.807) is 12.3 Å². The van der Waals surface area contributed by atoms with Crippen molar-refractivity contribution >= 4 is 40.8 Å². The van der Waals surface area contributed by atoms with Crippen LogP contribution in [0.3, 0.4) is 0 Å². The van der Waals surface area contributed by atoms with Crippen molar-refractivity contribution in [2.75, 3.05) is 17.3 Å². The largest absolute Gasteiger partial charge is 0.465 e. The molecule has 0 spiro atoms. The number of rotatable bonds is 4. The van der Waals surface area contributed by atoms with Crippen LogP contribution in [0.4, 0.5) is 29.5 Å². The molecule has 2 aromatic rings. The fraction of sp³-hybridized carbons (Fsp3) is 0.278. The van der Waals surface area contributed by atoms with Crippen molar-refractivity contribution in [2.45, 2.75) is 25.9 Å². The summed E-state index contributed by atoms with van der Waals surface area (Å²) in [5, 5.41) is 22.2. The number of nitrogens with one attached hydrogen (secondary N) is 3. The van der Waals surface area contributed by atoms with Crippen molar-refractivity contribution in [1.29, 1.82) is 5.41 Å². The monoisotopic (exact) mass is 440 g/mol. The number of alkyl halides is 3. The minimum atomic E-state index is -4.70. The van der Waals surface area contributed by atoms with Crippen LogP contribution in [0.1, 0.15) is 36.6 Å². The zero-order valence-corrected chi connectivity index (χ0v) is 17.0. The van der Waals surface area contributed by atoms with Crippen LogP contribution in [0.25, 0.3) is 0 Å². The molecule has 0 aliphatic rings. The molecule has 0 aromatic carbocycles. The second-order valence-electron chi connectivity index (χ2n) is 6.51. The third-order valence-corrected chi connectivity index (χ3v) is 4.22. The predicted octanol–water partition coefficient (Wildman–Crippen LogP) is 4.04. The molecule has 2 aromatic heterocycles. The average Bonchev–Trinajstić information content (AvgIpc) is 2.66. The van der Waals surface area contributed by atoms with Gasteiger partial charge in [-0.2, -0.15) is 13.2 Å². The van der Waals surface area contributed by atoms with Crippen LogP contribution >= 0.6 is 12.2 Å². The molecule has 2 heterocycles. The number of amides is 1. The Morgan fingerprint density at radius 2 is 1.97 bits per heavy atom. The Morgan fingerprint density at radius 3 is 2.53 bits per heavy atom. The number of anilines is 2. The Bertz CT molecular complexity index is 981. The van der Waals surface area contributed by atoms with E-state index in [0.717, 1.165) is 12.6 Å². The maximum Gasteiger partial charge on any atom is 0.417 e. The predicted molar refractivity (Wildman–Crippen MR) is 110 cm³/mol. The van der Waals surface area contributed by atoms with Crippen molar-refractivity contribution in [1.82, 2.24) is 15.3 Å². The zero-order chi connectivity index (χ0) is 22.6. The number of pyridine rings is 2. The molecule has 30 heavy (non-hydrogen) atoms. The second-order valence-corrected chi connectivity index (χ2v) is 6.92. The number of aromatic nitrogens is 2. The fourth-order valence-electron chi connectivity index (χ4n) is 2.32. The van der Waals surface area contributed by atoms with Gasteiger partial charge in [0.15, 0.2) is 16.8 Å². The van der Waals surface area contributed by atoms with Crippen molar-refractivity contribution in [3.63, 3.8) is 0 Å². The molecule has 0 fully saturated rings. The summed E-state index contributed by atoms with van der Waals surface area (Å²) in [5.74, 6) is -0.146. The van der Waals surface area contributed by atoms with E-state index in [2.05, 4.69) is 20.6 Å². The van der Waals surface area contributed by atoms with Gasteiger partial charge in [-0.25, -0.2) is 9.78 Å². The highest BCUT2D eigenvalue weighted by Crippen LogP contribution is 2.33. The van der Waals surface area contributed by atoms with Crippen LogP contribution < -0.4 is 15.5 Å². The molecule has 1 amide bonds. The highest BCUT2D eigenvalue weighted by Gasteiger charge is 2.32. The van der Waals surface area contributed by atoms with Crippen LogP contribution in [0.2, 0.25) is 0 Å². The molecular weight excluding hydrogens is 421 g/mol. The lowest BCUT2D eigenvalue weighted by molar-refractivity contribution is -0.137. The quantitative estimate of drug-likeness (QED) is 0.322. The fourth-order valence-corrected chi connectivity index (χ4v) is 2.52. The van der Waals surface area contributed by atoms with Gasteiger partial charge in [-0.05, 0) is 41.9 Å². The molecule has 0 radical (unpaired) electrons. The van der Waals surface area contributed by atoms with Gasteiger partial charge in [-0.3, -0.25) is 15.3 Å². The van der Waals surface area contributed by atoms with E-state index in [1.807, 2.05) is 19.9 Å². The molecular formula is C18H19F3N6O2S. The molecule has 8 nitrogen and oxygen atoms in total. The summed E-state index contributed by atoms with van der Waals surface area (Å²) in [6.07, 6.45) is -4.08. The number of amidine groups is 1. The summed E-state index contributed by atoms with van der Waals surface area (Å²) in [6.45, 7) is 3.97. The van der Waals surface area contributed by atoms with Gasteiger partial charge < -0.3 is 15.7 Å². The highest BCUT2D eigenvalue weighted by atomic mass is 32.1. The van der Waals surface area contributed by atoms with Crippen LogP contribution in [-0.4, -0.2) is 39.2 Å². The maximum atomic E-state index is 13.0. The molecule has 4 N–H and O–H groups in total. The summed E-state index contributed by atoms with van der Waals surface area (Å²) in [7, 11) is 1.07. The third-order valence-electron chi connectivity index (χ3n) is 4.02. The van der Waals surface area contributed by atoms with Gasteiger partial charge >= 0.3 is 12.3 Å². The third kappa shape index (κ3) is 5.63. The normalized spacial score (nSPS) is 11.2. The molecule has 0 atom stereocenters. The van der Waals surface area contributed by atoms with E-state index in [1.165, 1.54) is 0 Å². The summed E-state index contributed by atoms with van der Waals surface area (Å²) in [5.41, 5.74) is -0.195. The molecule has 2 rings (SSSR count). The molecule has 160 valence electrons. The molecule has 0 aliphatic carbocycles. The smallest absolute Gasteiger partial charge is 0.417 e. The number of halogens is 3. The van der Waals surface area contributed by atoms with Gasteiger partial charge in [-0.15, -0.1) is 0 Å². The van der Waals surface area contributed by atoms with Crippen molar-refractivity contribution in [3.8, 4) is 0 Å². The first-order valence-corrected chi connectivity index (χ1v) is 8.97. The zero-order valence-electron chi connectivity index (χ0n) is 16.2. The number of hydrogen-bond donors (Lipinski definition) is 4. The van der Waals surface area contributed by atoms with Gasteiger partial charge in [0.25, 0.3) is 0 Å². The van der Waals surface area contributed by atoms with E-state index in [4.69, 9.17) is 22.7 Å². The second kappa shape index (κ2) is 9.03. The number of nitrogens with zero attached hydrogens (tertiary/aromatic N) is 3. The maximum absolute atomic E-state index is 13.0.